The number of ether oxygens (including phenoxy) is 4. The Morgan fingerprint density at radius 1 is 0.903 bits per heavy atom. The van der Waals surface area contributed by atoms with Crippen molar-refractivity contribution in [2.24, 2.45) is 23.2 Å². The minimum atomic E-state index is -4.05. The zero-order valence-electron chi connectivity index (χ0n) is 42.0. The van der Waals surface area contributed by atoms with Gasteiger partial charge in [-0.05, 0) is 143 Å². The molecule has 3 heterocycles. The SMILES string of the molecule is COc1ccc(S(=O)(=O)N(CC(C)C)C[C@@H](O)[C@@H](CC(=O)O[C@H]2CO[C@@]3(C)OCC[C@@H]23)Cc2ccc(NCc3cc(-c4ccc5ccccc5c4)ccc3-c3sc4c(c3C(=O)O)CC(C)(C)CC4)cc2)cc1. The lowest BCUT2D eigenvalue weighted by Gasteiger charge is -2.30. The van der Waals surface area contributed by atoms with Crippen molar-refractivity contribution in [2.75, 3.05) is 38.7 Å². The summed E-state index contributed by atoms with van der Waals surface area (Å²) in [6.07, 6.45) is 1.65. The molecule has 2 saturated heterocycles. The monoisotopic (exact) mass is 1010 g/mol. The molecule has 14 heteroatoms. The summed E-state index contributed by atoms with van der Waals surface area (Å²) in [4.78, 5) is 29.0. The number of carboxylic acids is 1. The molecular weight excluding hydrogens is 949 g/mol. The Bertz CT molecular complexity index is 3040. The van der Waals surface area contributed by atoms with Crippen LogP contribution >= 0.6 is 11.3 Å². The number of rotatable bonds is 19. The van der Waals surface area contributed by atoms with Crippen LogP contribution in [0, 0.1) is 23.2 Å². The molecule has 5 aromatic carbocycles. The number of aliphatic hydroxyl groups is 1. The second-order valence-corrected chi connectivity index (χ2v) is 24.1. The first-order chi connectivity index (χ1) is 34.4. The Balaban J connectivity index is 0.981. The lowest BCUT2D eigenvalue weighted by atomic mass is 9.76. The van der Waals surface area contributed by atoms with E-state index in [0.29, 0.717) is 30.9 Å². The van der Waals surface area contributed by atoms with Crippen molar-refractivity contribution in [2.45, 2.75) is 103 Å². The number of hydrogen-bond acceptors (Lipinski definition) is 11. The highest BCUT2D eigenvalue weighted by Gasteiger charge is 2.53. The van der Waals surface area contributed by atoms with E-state index in [9.17, 15) is 28.2 Å². The highest BCUT2D eigenvalue weighted by molar-refractivity contribution is 7.89. The zero-order chi connectivity index (χ0) is 51.0. The zero-order valence-corrected chi connectivity index (χ0v) is 43.6. The molecule has 72 heavy (non-hydrogen) atoms. The van der Waals surface area contributed by atoms with Crippen LogP contribution in [-0.2, 0) is 54.8 Å². The molecule has 0 radical (unpaired) electrons. The second-order valence-electron chi connectivity index (χ2n) is 21.1. The minimum absolute atomic E-state index is 0.0125. The van der Waals surface area contributed by atoms with Gasteiger partial charge in [-0.3, -0.25) is 4.79 Å². The number of sulfonamides is 1. The lowest BCUT2D eigenvalue weighted by Crippen LogP contribution is -2.43. The summed E-state index contributed by atoms with van der Waals surface area (Å²) < 4.78 is 52.7. The Morgan fingerprint density at radius 3 is 2.35 bits per heavy atom. The van der Waals surface area contributed by atoms with Gasteiger partial charge in [-0.1, -0.05) is 88.4 Å². The fourth-order valence-electron chi connectivity index (χ4n) is 10.7. The van der Waals surface area contributed by atoms with Gasteiger partial charge in [0, 0.05) is 41.0 Å². The summed E-state index contributed by atoms with van der Waals surface area (Å²) in [5.41, 5.74) is 6.95. The molecule has 1 aliphatic carbocycles. The van der Waals surface area contributed by atoms with Crippen molar-refractivity contribution in [1.82, 2.24) is 4.31 Å². The Labute approximate surface area is 427 Å². The number of aryl methyl sites for hydroxylation is 1. The maximum Gasteiger partial charge on any atom is 0.337 e. The minimum Gasteiger partial charge on any atom is -0.497 e. The number of esters is 1. The van der Waals surface area contributed by atoms with Crippen molar-refractivity contribution < 1.29 is 47.2 Å². The molecule has 9 rings (SSSR count). The summed E-state index contributed by atoms with van der Waals surface area (Å²) in [6.45, 7) is 11.2. The van der Waals surface area contributed by atoms with Gasteiger partial charge in [0.2, 0.25) is 10.0 Å². The Hall–Kier alpha value is -5.61. The van der Waals surface area contributed by atoms with Crippen LogP contribution < -0.4 is 10.1 Å². The first-order valence-electron chi connectivity index (χ1n) is 25.0. The van der Waals surface area contributed by atoms with Gasteiger partial charge in [-0.25, -0.2) is 13.2 Å². The molecule has 0 saturated carbocycles. The summed E-state index contributed by atoms with van der Waals surface area (Å²) in [6, 6.07) is 35.0. The molecule has 0 bridgehead atoms. The molecule has 3 aliphatic rings. The molecule has 1 aromatic heterocycles. The molecule has 6 aromatic rings. The maximum absolute atomic E-state index is 14.2. The van der Waals surface area contributed by atoms with E-state index in [2.05, 4.69) is 67.7 Å². The van der Waals surface area contributed by atoms with Gasteiger partial charge >= 0.3 is 11.9 Å². The summed E-state index contributed by atoms with van der Waals surface area (Å²) in [7, 11) is -2.53. The van der Waals surface area contributed by atoms with E-state index in [4.69, 9.17) is 18.9 Å². The third-order valence-electron chi connectivity index (χ3n) is 14.7. The van der Waals surface area contributed by atoms with Crippen LogP contribution in [-0.4, -0.2) is 86.3 Å². The lowest BCUT2D eigenvalue weighted by molar-refractivity contribution is -0.181. The summed E-state index contributed by atoms with van der Waals surface area (Å²) in [5, 5.41) is 28.7. The predicted octanol–water partition coefficient (Wildman–Crippen LogP) is 11.0. The van der Waals surface area contributed by atoms with E-state index in [1.165, 1.54) is 23.5 Å². The number of fused-ring (bicyclic) bond motifs is 3. The number of nitrogens with zero attached hydrogens (tertiary/aromatic N) is 1. The van der Waals surface area contributed by atoms with Gasteiger partial charge in [0.05, 0.1) is 49.2 Å². The predicted molar refractivity (Wildman–Crippen MR) is 282 cm³/mol. The van der Waals surface area contributed by atoms with Crippen molar-refractivity contribution in [3.8, 4) is 27.3 Å². The van der Waals surface area contributed by atoms with Crippen molar-refractivity contribution >= 4 is 49.8 Å². The number of carbonyl (C=O) groups is 2. The molecule has 5 atom stereocenters. The van der Waals surface area contributed by atoms with Crippen molar-refractivity contribution in [3.05, 3.63) is 136 Å². The molecule has 2 fully saturated rings. The standard InChI is InChI=1S/C58H66N2O10S2/c1-36(2)33-60(72(65,66)46-20-18-45(67-6)19-21-46)34-50(61)42(30-53(62)70-51-35-69-58(5)49(51)24-26-68-58)27-37-11-16-44(17-12-37)59-32-43-29-41(40-14-13-38-9-7-8-10-39(38)28-40)15-22-47(43)55-54(56(63)64)48-31-57(3,4)25-23-52(48)71-55/h7-22,28-29,36,42,49-51,59,61H,23-27,30-35H2,1-6H3,(H,63,64)/t42-,49+,50-,51+,58-/m1/s1. The van der Waals surface area contributed by atoms with Crippen LogP contribution in [0.2, 0.25) is 0 Å². The van der Waals surface area contributed by atoms with Crippen molar-refractivity contribution in [1.29, 1.82) is 0 Å². The van der Waals surface area contributed by atoms with E-state index in [1.54, 1.807) is 23.5 Å². The number of carbonyl (C=O) groups excluding carboxylic acids is 1. The Kier molecular flexibility index (Phi) is 15.0. The highest BCUT2D eigenvalue weighted by Crippen LogP contribution is 2.47. The highest BCUT2D eigenvalue weighted by atomic mass is 32.2. The number of carboxylic acid groups (broad SMARTS) is 1. The first-order valence-corrected chi connectivity index (χ1v) is 27.3. The van der Waals surface area contributed by atoms with Gasteiger partial charge in [-0.15, -0.1) is 11.3 Å². The van der Waals surface area contributed by atoms with E-state index in [1.807, 2.05) is 57.2 Å². The van der Waals surface area contributed by atoms with E-state index in [-0.39, 0.29) is 54.7 Å². The normalized spacial score (nSPS) is 20.3. The van der Waals surface area contributed by atoms with Gasteiger partial charge in [-0.2, -0.15) is 4.31 Å². The molecular formula is C58H66N2O10S2. The number of nitrogens with one attached hydrogen (secondary N) is 1. The van der Waals surface area contributed by atoms with Gasteiger partial charge in [0.25, 0.3) is 0 Å². The topological polar surface area (TPSA) is 161 Å². The summed E-state index contributed by atoms with van der Waals surface area (Å²) >= 11 is 1.60. The van der Waals surface area contributed by atoms with E-state index in [0.717, 1.165) is 78.9 Å². The second kappa shape index (κ2) is 21.1. The third-order valence-corrected chi connectivity index (χ3v) is 17.9. The molecule has 0 unspecified atom stereocenters. The smallest absolute Gasteiger partial charge is 0.337 e. The third kappa shape index (κ3) is 11.1. The molecule has 0 spiro atoms. The number of benzene rings is 5. The van der Waals surface area contributed by atoms with Crippen LogP contribution in [0.3, 0.4) is 0 Å². The van der Waals surface area contributed by atoms with Gasteiger partial charge in [0.1, 0.15) is 11.9 Å². The van der Waals surface area contributed by atoms with Crippen molar-refractivity contribution in [3.63, 3.8) is 0 Å². The fourth-order valence-corrected chi connectivity index (χ4v) is 13.7. The van der Waals surface area contributed by atoms with Crippen LogP contribution in [0.25, 0.3) is 32.3 Å². The van der Waals surface area contributed by atoms with E-state index >= 15 is 0 Å². The molecule has 12 nitrogen and oxygen atoms in total. The molecule has 2 aliphatic heterocycles. The number of thiophene rings is 1. The molecule has 0 amide bonds. The maximum atomic E-state index is 14.2. The average Bonchev–Trinajstić information content (AvgIpc) is 4.03. The first kappa shape index (κ1) is 51.3. The quantitative estimate of drug-likeness (QED) is 0.0663. The number of aromatic carboxylic acids is 1. The number of aliphatic hydroxyl groups excluding tert-OH is 1. The fraction of sp³-hybridized carbons (Fsp3) is 0.414. The largest absolute Gasteiger partial charge is 0.497 e. The molecule has 3 N–H and O–H groups in total. The number of methoxy groups -OCH3 is 1. The summed E-state index contributed by atoms with van der Waals surface area (Å²) in [5.74, 6) is -2.58. The van der Waals surface area contributed by atoms with Crippen LogP contribution in [0.4, 0.5) is 5.69 Å². The van der Waals surface area contributed by atoms with E-state index < -0.39 is 45.9 Å². The number of anilines is 1. The van der Waals surface area contributed by atoms with Crippen LogP contribution in [0.1, 0.15) is 85.8 Å². The van der Waals surface area contributed by atoms with Crippen LogP contribution in [0.15, 0.2) is 114 Å². The average molecular weight is 1020 g/mol. The van der Waals surface area contributed by atoms with Gasteiger partial charge in [0.15, 0.2) is 5.79 Å². The van der Waals surface area contributed by atoms with Crippen LogP contribution in [0.5, 0.6) is 5.75 Å². The Morgan fingerprint density at radius 2 is 1.62 bits per heavy atom. The van der Waals surface area contributed by atoms with Gasteiger partial charge < -0.3 is 34.5 Å². The number of hydrogen-bond donors (Lipinski definition) is 3. The molecule has 380 valence electrons.